The van der Waals surface area contributed by atoms with Crippen LogP contribution in [0.1, 0.15) is 6.92 Å². The Kier molecular flexibility index (Phi) is 2.84. The summed E-state index contributed by atoms with van der Waals surface area (Å²) < 4.78 is 0. The van der Waals surface area contributed by atoms with Crippen LogP contribution in [0.4, 0.5) is 0 Å². The zero-order valence-electron chi connectivity index (χ0n) is 6.66. The highest BCUT2D eigenvalue weighted by Crippen LogP contribution is 2.00. The Labute approximate surface area is 66.2 Å². The first-order valence-corrected chi connectivity index (χ1v) is 3.82. The summed E-state index contributed by atoms with van der Waals surface area (Å²) in [4.78, 5) is 12.5. The van der Waals surface area contributed by atoms with Crippen LogP contribution >= 0.6 is 0 Å². The zero-order valence-corrected chi connectivity index (χ0v) is 6.66. The fourth-order valence-electron chi connectivity index (χ4n) is 1.17. The summed E-state index contributed by atoms with van der Waals surface area (Å²) in [6.45, 7) is 4.84. The molecule has 11 heavy (non-hydrogen) atoms. The molecule has 0 amide bonds. The maximum absolute atomic E-state index is 10.5. The number of carboxylic acids is 1. The Bertz CT molecular complexity index is 143. The second-order valence-electron chi connectivity index (χ2n) is 2.72. The Balaban J connectivity index is 2.38. The summed E-state index contributed by atoms with van der Waals surface area (Å²) in [6.07, 6.45) is 0. The van der Waals surface area contributed by atoms with E-state index in [-0.39, 0.29) is 6.04 Å². The summed E-state index contributed by atoms with van der Waals surface area (Å²) >= 11 is 0. The molecule has 0 aromatic rings. The maximum Gasteiger partial charge on any atom is 0.320 e. The van der Waals surface area contributed by atoms with E-state index in [9.17, 15) is 4.79 Å². The molecule has 1 atom stereocenters. The van der Waals surface area contributed by atoms with Crippen molar-refractivity contribution in [2.24, 2.45) is 0 Å². The monoisotopic (exact) mass is 157 g/mol. The normalized spacial score (nSPS) is 23.0. The van der Waals surface area contributed by atoms with Crippen molar-refractivity contribution in [3.8, 4) is 0 Å². The molecule has 63 valence electrons. The minimum absolute atomic E-state index is 0.356. The molecule has 0 bridgehead atoms. The molecule has 1 heterocycles. The van der Waals surface area contributed by atoms with E-state index in [4.69, 9.17) is 5.11 Å². The number of hydrogen-bond acceptors (Lipinski definition) is 2. The average molecular weight is 157 g/mol. The van der Waals surface area contributed by atoms with Gasteiger partial charge in [-0.15, -0.1) is 0 Å². The zero-order chi connectivity index (χ0) is 8.27. The van der Waals surface area contributed by atoms with Gasteiger partial charge >= 0.3 is 5.97 Å². The Morgan fingerprint density at radius 3 is 2.55 bits per heavy atom. The Morgan fingerprint density at radius 2 is 2.09 bits per heavy atom. The van der Waals surface area contributed by atoms with E-state index in [0.717, 1.165) is 26.2 Å². The molecule has 1 N–H and O–H groups in total. The van der Waals surface area contributed by atoms with Gasteiger partial charge in [-0.3, -0.25) is 9.69 Å². The van der Waals surface area contributed by atoms with Gasteiger partial charge < -0.3 is 5.11 Å². The van der Waals surface area contributed by atoms with E-state index in [0.29, 0.717) is 0 Å². The standard InChI is InChI=1S/C7H13N2O2/c1-6(7(10)11)9-4-2-8-3-5-9/h6H,2-5H2,1H3,(H,10,11). The topological polar surface area (TPSA) is 54.6 Å². The molecule has 0 aromatic carbocycles. The van der Waals surface area contributed by atoms with Crippen LogP contribution < -0.4 is 5.32 Å². The summed E-state index contributed by atoms with van der Waals surface area (Å²) in [5.41, 5.74) is 0. The third-order valence-corrected chi connectivity index (χ3v) is 2.00. The maximum atomic E-state index is 10.5. The third-order valence-electron chi connectivity index (χ3n) is 2.00. The van der Waals surface area contributed by atoms with Gasteiger partial charge in [0.25, 0.3) is 0 Å². The molecule has 4 heteroatoms. The number of nitrogens with zero attached hydrogens (tertiary/aromatic N) is 2. The van der Waals surface area contributed by atoms with Crippen LogP contribution in [0.3, 0.4) is 0 Å². The molecule has 1 saturated heterocycles. The van der Waals surface area contributed by atoms with Gasteiger partial charge in [-0.2, -0.15) is 0 Å². The largest absolute Gasteiger partial charge is 0.480 e. The van der Waals surface area contributed by atoms with Gasteiger partial charge in [0.2, 0.25) is 0 Å². The van der Waals surface area contributed by atoms with Crippen molar-refractivity contribution >= 4 is 5.97 Å². The van der Waals surface area contributed by atoms with Crippen LogP contribution in [0.15, 0.2) is 0 Å². The Morgan fingerprint density at radius 1 is 1.55 bits per heavy atom. The fourth-order valence-corrected chi connectivity index (χ4v) is 1.17. The predicted octanol–water partition coefficient (Wildman–Crippen LogP) is -0.620. The lowest BCUT2D eigenvalue weighted by molar-refractivity contribution is -0.142. The summed E-state index contributed by atoms with van der Waals surface area (Å²) in [7, 11) is 0. The first kappa shape index (κ1) is 8.49. The molecular formula is C7H13N2O2. The average Bonchev–Trinajstić information content (AvgIpc) is 2.05. The highest BCUT2D eigenvalue weighted by atomic mass is 16.4. The number of carbonyl (C=O) groups is 1. The molecule has 0 spiro atoms. The number of piperazine rings is 1. The second-order valence-corrected chi connectivity index (χ2v) is 2.72. The van der Waals surface area contributed by atoms with Crippen LogP contribution in [0.5, 0.6) is 0 Å². The van der Waals surface area contributed by atoms with E-state index in [1.165, 1.54) is 0 Å². The number of rotatable bonds is 2. The molecule has 0 aliphatic carbocycles. The van der Waals surface area contributed by atoms with Crippen molar-refractivity contribution < 1.29 is 9.90 Å². The quantitative estimate of drug-likeness (QED) is 0.581. The molecule has 4 nitrogen and oxygen atoms in total. The molecule has 1 unspecified atom stereocenters. The number of hydrogen-bond donors (Lipinski definition) is 1. The lowest BCUT2D eigenvalue weighted by Crippen LogP contribution is -2.47. The predicted molar refractivity (Wildman–Crippen MR) is 40.5 cm³/mol. The first-order chi connectivity index (χ1) is 5.22. The highest BCUT2D eigenvalue weighted by molar-refractivity contribution is 5.72. The highest BCUT2D eigenvalue weighted by Gasteiger charge is 2.21. The van der Waals surface area contributed by atoms with E-state index in [1.807, 2.05) is 4.90 Å². The molecule has 1 aliphatic heterocycles. The molecule has 1 radical (unpaired) electrons. The summed E-state index contributed by atoms with van der Waals surface area (Å²) in [6, 6.07) is -0.356. The SMILES string of the molecule is CC(C(=O)O)N1CC[N]CC1. The minimum atomic E-state index is -0.744. The second kappa shape index (κ2) is 3.69. The van der Waals surface area contributed by atoms with Crippen LogP contribution in [-0.4, -0.2) is 48.2 Å². The van der Waals surface area contributed by atoms with Crippen molar-refractivity contribution in [1.82, 2.24) is 10.2 Å². The van der Waals surface area contributed by atoms with Crippen molar-refractivity contribution in [3.05, 3.63) is 0 Å². The Hall–Kier alpha value is -0.610. The van der Waals surface area contributed by atoms with E-state index in [2.05, 4.69) is 5.32 Å². The van der Waals surface area contributed by atoms with Crippen LogP contribution in [0.25, 0.3) is 0 Å². The van der Waals surface area contributed by atoms with Crippen LogP contribution in [0, 0.1) is 0 Å². The third kappa shape index (κ3) is 2.17. The molecular weight excluding hydrogens is 144 g/mol. The number of carboxylic acid groups (broad SMARTS) is 1. The van der Waals surface area contributed by atoms with Crippen molar-refractivity contribution in [2.45, 2.75) is 13.0 Å². The summed E-state index contributed by atoms with van der Waals surface area (Å²) in [5, 5.41) is 12.8. The smallest absolute Gasteiger partial charge is 0.320 e. The van der Waals surface area contributed by atoms with Gasteiger partial charge in [0.1, 0.15) is 6.04 Å². The fraction of sp³-hybridized carbons (Fsp3) is 0.857. The van der Waals surface area contributed by atoms with Gasteiger partial charge in [-0.05, 0) is 6.92 Å². The van der Waals surface area contributed by atoms with Crippen molar-refractivity contribution in [3.63, 3.8) is 0 Å². The van der Waals surface area contributed by atoms with Gasteiger partial charge in [0.15, 0.2) is 0 Å². The van der Waals surface area contributed by atoms with E-state index in [1.54, 1.807) is 6.92 Å². The van der Waals surface area contributed by atoms with E-state index >= 15 is 0 Å². The molecule has 0 saturated carbocycles. The van der Waals surface area contributed by atoms with Gasteiger partial charge in [-0.25, -0.2) is 5.32 Å². The van der Waals surface area contributed by atoms with Crippen LogP contribution in [0.2, 0.25) is 0 Å². The molecule has 1 rings (SSSR count). The van der Waals surface area contributed by atoms with Gasteiger partial charge in [-0.1, -0.05) is 0 Å². The summed E-state index contributed by atoms with van der Waals surface area (Å²) in [5.74, 6) is -0.744. The molecule has 1 fully saturated rings. The van der Waals surface area contributed by atoms with Crippen LogP contribution in [-0.2, 0) is 4.79 Å². The molecule has 0 aromatic heterocycles. The van der Waals surface area contributed by atoms with Gasteiger partial charge in [0.05, 0.1) is 0 Å². The van der Waals surface area contributed by atoms with Gasteiger partial charge in [0, 0.05) is 26.2 Å². The molecule has 1 aliphatic rings. The van der Waals surface area contributed by atoms with Crippen molar-refractivity contribution in [1.29, 1.82) is 0 Å². The lowest BCUT2D eigenvalue weighted by atomic mass is 10.2. The first-order valence-electron chi connectivity index (χ1n) is 3.82. The van der Waals surface area contributed by atoms with E-state index < -0.39 is 5.97 Å². The van der Waals surface area contributed by atoms with Crippen molar-refractivity contribution in [2.75, 3.05) is 26.2 Å². The lowest BCUT2D eigenvalue weighted by Gasteiger charge is -2.29. The number of aliphatic carboxylic acids is 1. The minimum Gasteiger partial charge on any atom is -0.480 e.